The molecular weight excluding hydrogens is 728 g/mol. The lowest BCUT2D eigenvalue weighted by molar-refractivity contribution is -0.145. The monoisotopic (exact) mass is 746 g/mol. The number of hydrogen-bond acceptors (Lipinski definition) is 6. The van der Waals surface area contributed by atoms with Crippen molar-refractivity contribution < 1.29 is 29.3 Å². The molecule has 36 heavy (non-hydrogen) atoms. The quantitative estimate of drug-likeness (QED) is 0.209. The van der Waals surface area contributed by atoms with Crippen molar-refractivity contribution in [3.8, 4) is 11.5 Å². The smallest absolute Gasteiger partial charge is 0.306 e. The summed E-state index contributed by atoms with van der Waals surface area (Å²) in [6, 6.07) is 14.5. The van der Waals surface area contributed by atoms with E-state index in [1.165, 1.54) is 0 Å². The predicted molar refractivity (Wildman–Crippen MR) is 150 cm³/mol. The van der Waals surface area contributed by atoms with E-state index in [4.69, 9.17) is 9.47 Å². The SMILES string of the molecule is O=C(CCc1ccc(CCC(=O)OCc2cc(Br)cc(Br)c2O)cc1)OCc1cc(Br)cc(Br)c1O. The molecule has 10 heteroatoms. The lowest BCUT2D eigenvalue weighted by atomic mass is 10.0. The fraction of sp³-hybridized carbons (Fsp3) is 0.231. The van der Waals surface area contributed by atoms with Crippen LogP contribution in [0.3, 0.4) is 0 Å². The Hall–Kier alpha value is -1.88. The van der Waals surface area contributed by atoms with Crippen LogP contribution in [0.1, 0.15) is 35.1 Å². The number of aromatic hydroxyl groups is 2. The van der Waals surface area contributed by atoms with Gasteiger partial charge in [0.1, 0.15) is 24.7 Å². The summed E-state index contributed by atoms with van der Waals surface area (Å²) in [6.45, 7) is -0.0354. The molecule has 0 aromatic heterocycles. The zero-order valence-electron chi connectivity index (χ0n) is 18.9. The van der Waals surface area contributed by atoms with Gasteiger partial charge in [-0.2, -0.15) is 0 Å². The molecule has 0 aliphatic heterocycles. The second kappa shape index (κ2) is 13.6. The molecule has 0 amide bonds. The van der Waals surface area contributed by atoms with Gasteiger partial charge in [-0.05, 0) is 80.1 Å². The Morgan fingerprint density at radius 1 is 0.639 bits per heavy atom. The van der Waals surface area contributed by atoms with E-state index in [2.05, 4.69) is 63.7 Å². The van der Waals surface area contributed by atoms with Gasteiger partial charge < -0.3 is 19.7 Å². The summed E-state index contributed by atoms with van der Waals surface area (Å²) in [5.41, 5.74) is 2.96. The third-order valence-corrected chi connectivity index (χ3v) is 7.37. The lowest BCUT2D eigenvalue weighted by Gasteiger charge is -2.10. The molecular formula is C26H22Br4O6. The first-order chi connectivity index (χ1) is 17.1. The molecule has 0 aliphatic rings. The number of rotatable bonds is 10. The van der Waals surface area contributed by atoms with Crippen molar-refractivity contribution in [2.75, 3.05) is 0 Å². The number of hydrogen-bond donors (Lipinski definition) is 2. The van der Waals surface area contributed by atoms with E-state index in [-0.39, 0.29) is 49.5 Å². The molecule has 0 atom stereocenters. The number of phenols is 2. The molecule has 3 aromatic carbocycles. The molecule has 0 radical (unpaired) electrons. The minimum absolute atomic E-state index is 0.0177. The van der Waals surface area contributed by atoms with E-state index in [1.807, 2.05) is 24.3 Å². The van der Waals surface area contributed by atoms with E-state index in [9.17, 15) is 19.8 Å². The Labute approximate surface area is 242 Å². The molecule has 0 fully saturated rings. The van der Waals surface area contributed by atoms with Crippen LogP contribution >= 0.6 is 63.7 Å². The summed E-state index contributed by atoms with van der Waals surface area (Å²) < 4.78 is 13.2. The number of aryl methyl sites for hydroxylation is 2. The van der Waals surface area contributed by atoms with Gasteiger partial charge >= 0.3 is 11.9 Å². The first kappa shape index (κ1) is 28.7. The van der Waals surface area contributed by atoms with Crippen LogP contribution in [0.5, 0.6) is 11.5 Å². The van der Waals surface area contributed by atoms with Gasteiger partial charge in [0.25, 0.3) is 0 Å². The molecule has 0 unspecified atom stereocenters. The highest BCUT2D eigenvalue weighted by Crippen LogP contribution is 2.33. The van der Waals surface area contributed by atoms with Crippen LogP contribution in [0.25, 0.3) is 0 Å². The van der Waals surface area contributed by atoms with Gasteiger partial charge in [-0.25, -0.2) is 0 Å². The van der Waals surface area contributed by atoms with E-state index in [1.54, 1.807) is 24.3 Å². The van der Waals surface area contributed by atoms with Crippen LogP contribution in [0.4, 0.5) is 0 Å². The van der Waals surface area contributed by atoms with Gasteiger partial charge in [0.2, 0.25) is 0 Å². The zero-order valence-corrected chi connectivity index (χ0v) is 25.2. The van der Waals surface area contributed by atoms with Gasteiger partial charge in [0, 0.05) is 32.9 Å². The Kier molecular flexibility index (Phi) is 10.8. The number of esters is 2. The molecule has 6 nitrogen and oxygen atoms in total. The largest absolute Gasteiger partial charge is 0.506 e. The number of benzene rings is 3. The van der Waals surface area contributed by atoms with Crippen LogP contribution < -0.4 is 0 Å². The van der Waals surface area contributed by atoms with Gasteiger partial charge in [-0.3, -0.25) is 9.59 Å². The molecule has 3 rings (SSSR count). The highest BCUT2D eigenvalue weighted by molar-refractivity contribution is 9.11. The van der Waals surface area contributed by atoms with Crippen molar-refractivity contribution in [2.24, 2.45) is 0 Å². The van der Waals surface area contributed by atoms with Crippen LogP contribution in [-0.4, -0.2) is 22.2 Å². The van der Waals surface area contributed by atoms with E-state index in [0.717, 1.165) is 20.1 Å². The minimum atomic E-state index is -0.360. The summed E-state index contributed by atoms with van der Waals surface area (Å²) >= 11 is 13.2. The maximum atomic E-state index is 12.1. The van der Waals surface area contributed by atoms with Crippen LogP contribution in [0.2, 0.25) is 0 Å². The number of phenolic OH excluding ortho intramolecular Hbond substituents is 2. The fourth-order valence-corrected chi connectivity index (χ4v) is 5.91. The number of halogens is 4. The summed E-state index contributed by atoms with van der Waals surface area (Å²) in [6.07, 6.45) is 1.45. The summed E-state index contributed by atoms with van der Waals surface area (Å²) in [5.74, 6) is -0.628. The third-order valence-electron chi connectivity index (χ3n) is 5.25. The summed E-state index contributed by atoms with van der Waals surface area (Å²) in [5, 5.41) is 20.1. The second-order valence-corrected chi connectivity index (χ2v) is 11.5. The zero-order chi connectivity index (χ0) is 26.2. The topological polar surface area (TPSA) is 93.1 Å². The number of ether oxygens (including phenoxy) is 2. The van der Waals surface area contributed by atoms with Crippen molar-refractivity contribution in [1.82, 2.24) is 0 Å². The Bertz CT molecular complexity index is 1150. The Morgan fingerprint density at radius 2 is 1.00 bits per heavy atom. The molecule has 0 saturated heterocycles. The van der Waals surface area contributed by atoms with Gasteiger partial charge in [-0.1, -0.05) is 56.1 Å². The maximum Gasteiger partial charge on any atom is 0.306 e. The molecule has 0 bridgehead atoms. The van der Waals surface area contributed by atoms with Gasteiger partial charge in [0.05, 0.1) is 8.95 Å². The molecule has 0 heterocycles. The first-order valence-corrected chi connectivity index (χ1v) is 14.0. The summed E-state index contributed by atoms with van der Waals surface area (Å²) in [4.78, 5) is 24.3. The molecule has 190 valence electrons. The van der Waals surface area contributed by atoms with Crippen molar-refractivity contribution in [3.05, 3.63) is 88.7 Å². The Morgan fingerprint density at radius 3 is 1.36 bits per heavy atom. The molecule has 0 spiro atoms. The first-order valence-electron chi connectivity index (χ1n) is 10.8. The molecule has 0 aliphatic carbocycles. The van der Waals surface area contributed by atoms with Crippen molar-refractivity contribution in [1.29, 1.82) is 0 Å². The fourth-order valence-electron chi connectivity index (χ4n) is 3.28. The number of carbonyl (C=O) groups excluding carboxylic acids is 2. The molecule has 2 N–H and O–H groups in total. The molecule has 3 aromatic rings. The van der Waals surface area contributed by atoms with Crippen LogP contribution in [-0.2, 0) is 45.1 Å². The third kappa shape index (κ3) is 8.61. The Balaban J connectivity index is 1.40. The predicted octanol–water partition coefficient (Wildman–Crippen LogP) is 7.50. The van der Waals surface area contributed by atoms with Crippen molar-refractivity contribution in [3.63, 3.8) is 0 Å². The van der Waals surface area contributed by atoms with E-state index >= 15 is 0 Å². The number of carbonyl (C=O) groups is 2. The average molecular weight is 750 g/mol. The van der Waals surface area contributed by atoms with Gasteiger partial charge in [-0.15, -0.1) is 0 Å². The lowest BCUT2D eigenvalue weighted by Crippen LogP contribution is -2.07. The minimum Gasteiger partial charge on any atom is -0.506 e. The average Bonchev–Trinajstić information content (AvgIpc) is 2.84. The van der Waals surface area contributed by atoms with Gasteiger partial charge in [0.15, 0.2) is 0 Å². The standard InChI is InChI=1S/C26H22Br4O6/c27-19-9-17(25(33)21(29)11-19)13-35-23(31)7-5-15-1-2-16(4-3-15)6-8-24(32)36-14-18-10-20(28)12-22(30)26(18)34/h1-4,9-12,33-34H,5-8,13-14H2. The second-order valence-electron chi connectivity index (χ2n) is 7.93. The highest BCUT2D eigenvalue weighted by Gasteiger charge is 2.12. The normalized spacial score (nSPS) is 10.8. The highest BCUT2D eigenvalue weighted by atomic mass is 79.9. The van der Waals surface area contributed by atoms with E-state index < -0.39 is 0 Å². The van der Waals surface area contributed by atoms with Crippen LogP contribution in [0, 0.1) is 0 Å². The van der Waals surface area contributed by atoms with Crippen molar-refractivity contribution >= 4 is 75.7 Å². The molecule has 0 saturated carbocycles. The maximum absolute atomic E-state index is 12.1. The summed E-state index contributed by atoms with van der Waals surface area (Å²) in [7, 11) is 0. The van der Waals surface area contributed by atoms with E-state index in [0.29, 0.717) is 32.9 Å². The van der Waals surface area contributed by atoms with Crippen molar-refractivity contribution in [2.45, 2.75) is 38.9 Å². The van der Waals surface area contributed by atoms with Crippen LogP contribution in [0.15, 0.2) is 66.4 Å².